The highest BCUT2D eigenvalue weighted by atomic mass is 32.2. The quantitative estimate of drug-likeness (QED) is 0.594. The first-order chi connectivity index (χ1) is 5.68. The standard InChI is InChI=1S/C8H19NO2S/c1-8(12(3)10)7-9-5-4-6-11-2/h8-9H,4-7H2,1-3H3. The van der Waals surface area contributed by atoms with Gasteiger partial charge in [0.05, 0.1) is 0 Å². The molecule has 0 heterocycles. The van der Waals surface area contributed by atoms with E-state index in [-0.39, 0.29) is 5.25 Å². The molecule has 12 heavy (non-hydrogen) atoms. The molecule has 0 aromatic carbocycles. The molecule has 0 aliphatic rings. The first kappa shape index (κ1) is 12.1. The first-order valence-electron chi connectivity index (χ1n) is 4.20. The molecule has 0 aromatic heterocycles. The maximum Gasteiger partial charge on any atom is 0.0474 e. The highest BCUT2D eigenvalue weighted by Crippen LogP contribution is 1.89. The van der Waals surface area contributed by atoms with Gasteiger partial charge in [-0.3, -0.25) is 4.21 Å². The summed E-state index contributed by atoms with van der Waals surface area (Å²) in [6, 6.07) is 0. The van der Waals surface area contributed by atoms with E-state index in [2.05, 4.69) is 5.32 Å². The van der Waals surface area contributed by atoms with Crippen LogP contribution in [0.2, 0.25) is 0 Å². The maximum absolute atomic E-state index is 10.9. The van der Waals surface area contributed by atoms with E-state index < -0.39 is 10.8 Å². The van der Waals surface area contributed by atoms with Crippen LogP contribution in [0.5, 0.6) is 0 Å². The minimum Gasteiger partial charge on any atom is -0.385 e. The van der Waals surface area contributed by atoms with Crippen molar-refractivity contribution in [3.63, 3.8) is 0 Å². The van der Waals surface area contributed by atoms with Gasteiger partial charge in [0.1, 0.15) is 0 Å². The van der Waals surface area contributed by atoms with Crippen molar-refractivity contribution < 1.29 is 8.95 Å². The van der Waals surface area contributed by atoms with Gasteiger partial charge in [-0.15, -0.1) is 0 Å². The monoisotopic (exact) mass is 193 g/mol. The summed E-state index contributed by atoms with van der Waals surface area (Å²) >= 11 is 0. The third-order valence-corrected chi connectivity index (χ3v) is 3.00. The van der Waals surface area contributed by atoms with Gasteiger partial charge in [0.15, 0.2) is 0 Å². The summed E-state index contributed by atoms with van der Waals surface area (Å²) in [6.45, 7) is 4.54. The zero-order chi connectivity index (χ0) is 9.40. The second kappa shape index (κ2) is 7.71. The molecule has 2 atom stereocenters. The van der Waals surface area contributed by atoms with Crippen molar-refractivity contribution in [2.45, 2.75) is 18.6 Å². The van der Waals surface area contributed by atoms with Crippen LogP contribution >= 0.6 is 0 Å². The molecule has 2 unspecified atom stereocenters. The van der Waals surface area contributed by atoms with Gasteiger partial charge in [-0.25, -0.2) is 0 Å². The fourth-order valence-corrected chi connectivity index (χ4v) is 1.12. The number of nitrogens with one attached hydrogen (secondary N) is 1. The van der Waals surface area contributed by atoms with Crippen LogP contribution in [0.3, 0.4) is 0 Å². The van der Waals surface area contributed by atoms with Crippen molar-refractivity contribution >= 4 is 10.8 Å². The lowest BCUT2D eigenvalue weighted by Crippen LogP contribution is -2.28. The van der Waals surface area contributed by atoms with Gasteiger partial charge in [0.25, 0.3) is 0 Å². The minimum atomic E-state index is -0.711. The molecule has 0 spiro atoms. The van der Waals surface area contributed by atoms with Gasteiger partial charge < -0.3 is 10.1 Å². The predicted octanol–water partition coefficient (Wildman–Crippen LogP) is 0.379. The molecule has 0 bridgehead atoms. The maximum atomic E-state index is 10.9. The predicted molar refractivity (Wildman–Crippen MR) is 52.9 cm³/mol. The summed E-state index contributed by atoms with van der Waals surface area (Å²) in [6.07, 6.45) is 2.75. The third kappa shape index (κ3) is 6.76. The van der Waals surface area contributed by atoms with Crippen LogP contribution in [0, 0.1) is 0 Å². The van der Waals surface area contributed by atoms with E-state index in [9.17, 15) is 4.21 Å². The molecule has 0 saturated heterocycles. The Morgan fingerprint density at radius 3 is 2.75 bits per heavy atom. The number of rotatable bonds is 7. The Balaban J connectivity index is 3.14. The van der Waals surface area contributed by atoms with Crippen LogP contribution in [0.4, 0.5) is 0 Å². The van der Waals surface area contributed by atoms with E-state index in [1.54, 1.807) is 13.4 Å². The topological polar surface area (TPSA) is 38.3 Å². The number of ether oxygens (including phenoxy) is 1. The second-order valence-corrected chi connectivity index (χ2v) is 4.66. The molecule has 0 aliphatic carbocycles. The lowest BCUT2D eigenvalue weighted by molar-refractivity contribution is 0.194. The van der Waals surface area contributed by atoms with Gasteiger partial charge >= 0.3 is 0 Å². The van der Waals surface area contributed by atoms with Crippen molar-refractivity contribution in [2.75, 3.05) is 33.1 Å². The van der Waals surface area contributed by atoms with E-state index in [1.807, 2.05) is 6.92 Å². The van der Waals surface area contributed by atoms with E-state index in [4.69, 9.17) is 4.74 Å². The van der Waals surface area contributed by atoms with Gasteiger partial charge in [-0.2, -0.15) is 0 Å². The van der Waals surface area contributed by atoms with Crippen LogP contribution in [0.1, 0.15) is 13.3 Å². The summed E-state index contributed by atoms with van der Waals surface area (Å²) in [4.78, 5) is 0. The van der Waals surface area contributed by atoms with Crippen molar-refractivity contribution in [1.82, 2.24) is 5.32 Å². The van der Waals surface area contributed by atoms with E-state index in [1.165, 1.54) is 0 Å². The largest absolute Gasteiger partial charge is 0.385 e. The fraction of sp³-hybridized carbons (Fsp3) is 1.00. The Bertz CT molecular complexity index is 130. The third-order valence-electron chi connectivity index (χ3n) is 1.70. The highest BCUT2D eigenvalue weighted by molar-refractivity contribution is 7.84. The van der Waals surface area contributed by atoms with Crippen LogP contribution in [-0.4, -0.2) is 42.5 Å². The molecule has 0 aromatic rings. The Labute approximate surface area is 77.3 Å². The van der Waals surface area contributed by atoms with Crippen LogP contribution in [-0.2, 0) is 15.5 Å². The molecule has 0 amide bonds. The van der Waals surface area contributed by atoms with Crippen LogP contribution in [0.15, 0.2) is 0 Å². The summed E-state index contributed by atoms with van der Waals surface area (Å²) in [5.41, 5.74) is 0. The smallest absolute Gasteiger partial charge is 0.0474 e. The SMILES string of the molecule is COCCCNCC(C)S(C)=O. The Hall–Kier alpha value is 0.0700. The Morgan fingerprint density at radius 2 is 2.25 bits per heavy atom. The van der Waals surface area contributed by atoms with E-state index in [0.717, 1.165) is 26.1 Å². The summed E-state index contributed by atoms with van der Waals surface area (Å²) in [5.74, 6) is 0. The van der Waals surface area contributed by atoms with E-state index >= 15 is 0 Å². The normalized spacial score (nSPS) is 15.9. The molecular formula is C8H19NO2S. The van der Waals surface area contributed by atoms with Crippen molar-refractivity contribution in [3.8, 4) is 0 Å². The molecule has 3 nitrogen and oxygen atoms in total. The Kier molecular flexibility index (Phi) is 7.75. The first-order valence-corrected chi connectivity index (χ1v) is 5.82. The number of hydrogen-bond acceptors (Lipinski definition) is 3. The van der Waals surface area contributed by atoms with E-state index in [0.29, 0.717) is 0 Å². The lowest BCUT2D eigenvalue weighted by atomic mass is 10.4. The summed E-state index contributed by atoms with van der Waals surface area (Å²) < 4.78 is 15.8. The van der Waals surface area contributed by atoms with Gasteiger partial charge in [-0.1, -0.05) is 0 Å². The van der Waals surface area contributed by atoms with Gasteiger partial charge in [0, 0.05) is 42.6 Å². The Morgan fingerprint density at radius 1 is 1.58 bits per heavy atom. The zero-order valence-electron chi connectivity index (χ0n) is 8.13. The van der Waals surface area contributed by atoms with Gasteiger partial charge in [-0.05, 0) is 19.9 Å². The highest BCUT2D eigenvalue weighted by Gasteiger charge is 2.03. The molecular weight excluding hydrogens is 174 g/mol. The molecule has 4 heteroatoms. The lowest BCUT2D eigenvalue weighted by Gasteiger charge is -2.08. The minimum absolute atomic E-state index is 0.243. The second-order valence-electron chi connectivity index (χ2n) is 2.86. The van der Waals surface area contributed by atoms with Gasteiger partial charge in [0.2, 0.25) is 0 Å². The van der Waals surface area contributed by atoms with Crippen molar-refractivity contribution in [1.29, 1.82) is 0 Å². The van der Waals surface area contributed by atoms with Crippen LogP contribution in [0.25, 0.3) is 0 Å². The summed E-state index contributed by atoms with van der Waals surface area (Å²) in [5, 5.41) is 3.47. The molecule has 74 valence electrons. The van der Waals surface area contributed by atoms with Crippen molar-refractivity contribution in [3.05, 3.63) is 0 Å². The molecule has 0 radical (unpaired) electrons. The zero-order valence-corrected chi connectivity index (χ0v) is 8.95. The van der Waals surface area contributed by atoms with Crippen LogP contribution < -0.4 is 5.32 Å². The number of hydrogen-bond donors (Lipinski definition) is 1. The molecule has 0 saturated carbocycles. The molecule has 0 aliphatic heterocycles. The molecule has 1 N–H and O–H groups in total. The average molecular weight is 193 g/mol. The van der Waals surface area contributed by atoms with Crippen molar-refractivity contribution in [2.24, 2.45) is 0 Å². The number of methoxy groups -OCH3 is 1. The molecule has 0 rings (SSSR count). The fourth-order valence-electron chi connectivity index (χ4n) is 0.764. The average Bonchev–Trinajstić information content (AvgIpc) is 2.03. The summed E-state index contributed by atoms with van der Waals surface area (Å²) in [7, 11) is 0.987. The molecule has 0 fully saturated rings.